The molecular weight excluding hydrogens is 234 g/mol. The van der Waals surface area contributed by atoms with Gasteiger partial charge in [-0.15, -0.1) is 11.8 Å². The Kier molecular flexibility index (Phi) is 4.36. The maximum absolute atomic E-state index is 12.1. The lowest BCUT2D eigenvalue weighted by molar-refractivity contribution is -0.123. The van der Waals surface area contributed by atoms with Crippen molar-refractivity contribution in [2.75, 3.05) is 12.3 Å². The van der Waals surface area contributed by atoms with Crippen LogP contribution >= 0.6 is 11.8 Å². The third-order valence-corrected chi connectivity index (χ3v) is 5.53. The van der Waals surface area contributed by atoms with Crippen molar-refractivity contribution in [2.45, 2.75) is 56.3 Å². The van der Waals surface area contributed by atoms with Gasteiger partial charge in [-0.1, -0.05) is 6.42 Å². The molecule has 1 aliphatic carbocycles. The Hall–Kier alpha value is -0.220. The highest BCUT2D eigenvalue weighted by atomic mass is 32.2. The second-order valence-corrected chi connectivity index (χ2v) is 7.18. The highest BCUT2D eigenvalue weighted by Gasteiger charge is 2.37. The summed E-state index contributed by atoms with van der Waals surface area (Å²) in [4.78, 5) is 12.1. The van der Waals surface area contributed by atoms with E-state index in [4.69, 9.17) is 0 Å². The minimum absolute atomic E-state index is 0.151. The van der Waals surface area contributed by atoms with Gasteiger partial charge in [0.05, 0.1) is 10.9 Å². The van der Waals surface area contributed by atoms with E-state index >= 15 is 0 Å². The molecule has 3 atom stereocenters. The van der Waals surface area contributed by atoms with Gasteiger partial charge in [0.15, 0.2) is 0 Å². The summed E-state index contributed by atoms with van der Waals surface area (Å²) in [5.74, 6) is 1.77. The smallest absolute Gasteiger partial charge is 0.235 e. The van der Waals surface area contributed by atoms with Crippen molar-refractivity contribution in [1.29, 1.82) is 0 Å². The molecule has 2 fully saturated rings. The van der Waals surface area contributed by atoms with E-state index < -0.39 is 0 Å². The van der Waals surface area contributed by atoms with Gasteiger partial charge in [0.2, 0.25) is 5.91 Å². The summed E-state index contributed by atoms with van der Waals surface area (Å²) in [5.41, 5.74) is 0. The van der Waals surface area contributed by atoms with Crippen LogP contribution in [-0.2, 0) is 4.79 Å². The van der Waals surface area contributed by atoms with Crippen LogP contribution in [0, 0.1) is 5.92 Å². The summed E-state index contributed by atoms with van der Waals surface area (Å²) in [6.45, 7) is 2.79. The average Bonchev–Trinajstić information content (AvgIpc) is 2.74. The van der Waals surface area contributed by atoms with Crippen LogP contribution in [0.25, 0.3) is 0 Å². The zero-order valence-corrected chi connectivity index (χ0v) is 11.4. The third-order valence-electron chi connectivity index (χ3n) is 4.01. The standard InChI is InChI=1S/C13H23NO2S/c1-13(6-3-7-17-13)12(16)14-9-10-4-2-5-11(15)8-10/h10-11,15H,2-9H2,1H3,(H,14,16). The lowest BCUT2D eigenvalue weighted by Crippen LogP contribution is -2.43. The number of hydrogen-bond acceptors (Lipinski definition) is 3. The molecule has 1 saturated carbocycles. The van der Waals surface area contributed by atoms with E-state index in [0.717, 1.165) is 50.8 Å². The largest absolute Gasteiger partial charge is 0.393 e. The Bertz CT molecular complexity index is 277. The summed E-state index contributed by atoms with van der Waals surface area (Å²) >= 11 is 1.78. The topological polar surface area (TPSA) is 49.3 Å². The van der Waals surface area contributed by atoms with E-state index in [1.54, 1.807) is 11.8 Å². The van der Waals surface area contributed by atoms with Gasteiger partial charge in [-0.3, -0.25) is 4.79 Å². The molecule has 0 aromatic heterocycles. The van der Waals surface area contributed by atoms with Crippen LogP contribution in [0.2, 0.25) is 0 Å². The average molecular weight is 257 g/mol. The summed E-state index contributed by atoms with van der Waals surface area (Å²) in [6.07, 6.45) is 6.01. The Labute approximate surface area is 108 Å². The lowest BCUT2D eigenvalue weighted by Gasteiger charge is -2.28. The fraction of sp³-hybridized carbons (Fsp3) is 0.923. The highest BCUT2D eigenvalue weighted by molar-refractivity contribution is 8.01. The van der Waals surface area contributed by atoms with Crippen molar-refractivity contribution in [2.24, 2.45) is 5.92 Å². The van der Waals surface area contributed by atoms with Gasteiger partial charge in [-0.05, 0) is 50.7 Å². The Morgan fingerprint density at radius 1 is 1.47 bits per heavy atom. The minimum atomic E-state index is -0.201. The van der Waals surface area contributed by atoms with Gasteiger partial charge >= 0.3 is 0 Å². The molecule has 17 heavy (non-hydrogen) atoms. The first-order valence-electron chi connectivity index (χ1n) is 6.70. The molecule has 0 aromatic carbocycles. The van der Waals surface area contributed by atoms with Gasteiger partial charge in [0, 0.05) is 6.54 Å². The van der Waals surface area contributed by atoms with Crippen LogP contribution in [0.3, 0.4) is 0 Å². The van der Waals surface area contributed by atoms with Crippen LogP contribution in [0.5, 0.6) is 0 Å². The molecule has 1 aliphatic heterocycles. The quantitative estimate of drug-likeness (QED) is 0.812. The molecule has 1 saturated heterocycles. The SMILES string of the molecule is CC1(C(=O)NCC2CCCC(O)C2)CCCS1. The number of amides is 1. The van der Waals surface area contributed by atoms with Crippen molar-refractivity contribution in [1.82, 2.24) is 5.32 Å². The summed E-state index contributed by atoms with van der Waals surface area (Å²) in [5, 5.41) is 12.7. The molecule has 0 bridgehead atoms. The number of carbonyl (C=O) groups is 1. The minimum Gasteiger partial charge on any atom is -0.393 e. The molecule has 1 amide bonds. The van der Waals surface area contributed by atoms with E-state index in [-0.39, 0.29) is 16.8 Å². The van der Waals surface area contributed by atoms with Gasteiger partial charge in [-0.25, -0.2) is 0 Å². The van der Waals surface area contributed by atoms with E-state index in [0.29, 0.717) is 5.92 Å². The first kappa shape index (κ1) is 13.2. The van der Waals surface area contributed by atoms with E-state index in [9.17, 15) is 9.90 Å². The molecule has 98 valence electrons. The van der Waals surface area contributed by atoms with Gasteiger partial charge in [0.25, 0.3) is 0 Å². The summed E-state index contributed by atoms with van der Waals surface area (Å²) in [6, 6.07) is 0. The van der Waals surface area contributed by atoms with Crippen LogP contribution in [0.15, 0.2) is 0 Å². The molecule has 4 heteroatoms. The molecule has 3 nitrogen and oxygen atoms in total. The number of thioether (sulfide) groups is 1. The van der Waals surface area contributed by atoms with Crippen molar-refractivity contribution in [3.8, 4) is 0 Å². The second-order valence-electron chi connectivity index (χ2n) is 5.58. The van der Waals surface area contributed by atoms with E-state index in [2.05, 4.69) is 12.2 Å². The predicted octanol–water partition coefficient (Wildman–Crippen LogP) is 1.94. The molecule has 0 spiro atoms. The Balaban J connectivity index is 1.75. The van der Waals surface area contributed by atoms with E-state index in [1.807, 2.05) is 0 Å². The number of aliphatic hydroxyl groups excluding tert-OH is 1. The van der Waals surface area contributed by atoms with Crippen LogP contribution < -0.4 is 5.32 Å². The third kappa shape index (κ3) is 3.38. The fourth-order valence-corrected chi connectivity index (χ4v) is 4.06. The van der Waals surface area contributed by atoms with Gasteiger partial charge < -0.3 is 10.4 Å². The number of hydrogen-bond donors (Lipinski definition) is 2. The highest BCUT2D eigenvalue weighted by Crippen LogP contribution is 2.37. The molecule has 0 aromatic rings. The van der Waals surface area contributed by atoms with Crippen molar-refractivity contribution >= 4 is 17.7 Å². The van der Waals surface area contributed by atoms with Gasteiger partial charge in [-0.2, -0.15) is 0 Å². The van der Waals surface area contributed by atoms with Crippen molar-refractivity contribution in [3.05, 3.63) is 0 Å². The second kappa shape index (κ2) is 5.61. The van der Waals surface area contributed by atoms with Crippen molar-refractivity contribution < 1.29 is 9.90 Å². The maximum Gasteiger partial charge on any atom is 0.235 e. The van der Waals surface area contributed by atoms with Gasteiger partial charge in [0.1, 0.15) is 0 Å². The molecule has 2 N–H and O–H groups in total. The molecule has 0 radical (unpaired) electrons. The maximum atomic E-state index is 12.1. The lowest BCUT2D eigenvalue weighted by atomic mass is 9.87. The number of rotatable bonds is 3. The van der Waals surface area contributed by atoms with Crippen molar-refractivity contribution in [3.63, 3.8) is 0 Å². The van der Waals surface area contributed by atoms with Crippen LogP contribution in [0.1, 0.15) is 45.4 Å². The Morgan fingerprint density at radius 3 is 2.94 bits per heavy atom. The summed E-state index contributed by atoms with van der Waals surface area (Å²) < 4.78 is -0.201. The zero-order valence-electron chi connectivity index (χ0n) is 10.6. The molecule has 2 aliphatic rings. The summed E-state index contributed by atoms with van der Waals surface area (Å²) in [7, 11) is 0. The number of carbonyl (C=O) groups excluding carboxylic acids is 1. The predicted molar refractivity (Wildman–Crippen MR) is 71.1 cm³/mol. The van der Waals surface area contributed by atoms with Crippen LogP contribution in [-0.4, -0.2) is 34.2 Å². The first-order valence-corrected chi connectivity index (χ1v) is 7.69. The normalized spacial score (nSPS) is 38.0. The molecular formula is C13H23NO2S. The number of aliphatic hydroxyl groups is 1. The molecule has 2 rings (SSSR count). The zero-order chi connectivity index (χ0) is 12.3. The first-order chi connectivity index (χ1) is 8.10. The molecule has 1 heterocycles. The number of nitrogens with one attached hydrogen (secondary N) is 1. The monoisotopic (exact) mass is 257 g/mol. The Morgan fingerprint density at radius 2 is 2.29 bits per heavy atom. The van der Waals surface area contributed by atoms with E-state index in [1.165, 1.54) is 0 Å². The molecule has 3 unspecified atom stereocenters. The van der Waals surface area contributed by atoms with Crippen LogP contribution in [0.4, 0.5) is 0 Å². The fourth-order valence-electron chi connectivity index (χ4n) is 2.83.